The normalized spacial score (nSPS) is 28.5. The van der Waals surface area contributed by atoms with Crippen molar-refractivity contribution >= 4 is 21.7 Å². The third-order valence-corrected chi connectivity index (χ3v) is 1.91. The molecule has 1 rings (SSSR count). The molecular weight excluding hydrogens is 168 g/mol. The van der Waals surface area contributed by atoms with E-state index in [1.54, 1.807) is 0 Å². The summed E-state index contributed by atoms with van der Waals surface area (Å²) in [6.45, 7) is 2.03. The summed E-state index contributed by atoms with van der Waals surface area (Å²) in [6.07, 6.45) is 2.63. The van der Waals surface area contributed by atoms with Gasteiger partial charge < -0.3 is 0 Å². The lowest BCUT2D eigenvalue weighted by Gasteiger charge is -1.88. The second kappa shape index (κ2) is 2.02. The van der Waals surface area contributed by atoms with Crippen molar-refractivity contribution < 1.29 is 4.79 Å². The van der Waals surface area contributed by atoms with Gasteiger partial charge in [0, 0.05) is 6.42 Å². The highest BCUT2D eigenvalue weighted by molar-refractivity contribution is 9.12. The van der Waals surface area contributed by atoms with Gasteiger partial charge in [-0.3, -0.25) is 4.79 Å². The lowest BCUT2D eigenvalue weighted by molar-refractivity contribution is -0.114. The Morgan fingerprint density at radius 1 is 1.88 bits per heavy atom. The summed E-state index contributed by atoms with van der Waals surface area (Å²) in [5, 5.41) is 0. The average Bonchev–Trinajstić information content (AvgIpc) is 1.85. The summed E-state index contributed by atoms with van der Waals surface area (Å²) in [6, 6.07) is 0. The first-order chi connectivity index (χ1) is 3.70. The van der Waals surface area contributed by atoms with Crippen molar-refractivity contribution in [1.29, 1.82) is 0 Å². The average molecular weight is 175 g/mol. The minimum atomic E-state index is 0.234. The number of halogens is 1. The zero-order valence-corrected chi connectivity index (χ0v) is 6.23. The van der Waals surface area contributed by atoms with Gasteiger partial charge in [0.1, 0.15) is 0 Å². The number of carbonyl (C=O) groups excluding carboxylic acids is 1. The number of hydrogen-bond acceptors (Lipinski definition) is 1. The van der Waals surface area contributed by atoms with Gasteiger partial charge in [0.2, 0.25) is 0 Å². The fourth-order valence-electron chi connectivity index (χ4n) is 0.792. The van der Waals surface area contributed by atoms with E-state index in [1.165, 1.54) is 0 Å². The van der Waals surface area contributed by atoms with Crippen molar-refractivity contribution in [1.82, 2.24) is 0 Å². The zero-order valence-electron chi connectivity index (χ0n) is 4.65. The summed E-state index contributed by atoms with van der Waals surface area (Å²) >= 11 is 3.16. The van der Waals surface area contributed by atoms with Crippen LogP contribution in [-0.2, 0) is 4.79 Å². The minimum Gasteiger partial charge on any atom is -0.294 e. The first kappa shape index (κ1) is 6.02. The number of hydrogen-bond donors (Lipinski definition) is 0. The maximum Gasteiger partial charge on any atom is 0.170 e. The van der Waals surface area contributed by atoms with E-state index < -0.39 is 0 Å². The van der Waals surface area contributed by atoms with Crippen LogP contribution in [0.25, 0.3) is 0 Å². The van der Waals surface area contributed by atoms with Crippen molar-refractivity contribution in [2.24, 2.45) is 5.92 Å². The number of allylic oxidation sites excluding steroid dienone is 2. The van der Waals surface area contributed by atoms with Crippen LogP contribution in [-0.4, -0.2) is 5.78 Å². The molecule has 0 aromatic heterocycles. The van der Waals surface area contributed by atoms with Gasteiger partial charge in [-0.25, -0.2) is 0 Å². The molecule has 8 heavy (non-hydrogen) atoms. The summed E-state index contributed by atoms with van der Waals surface area (Å²) < 4.78 is 0.755. The van der Waals surface area contributed by atoms with E-state index in [2.05, 4.69) is 15.9 Å². The lowest BCUT2D eigenvalue weighted by atomic mass is 10.2. The number of rotatable bonds is 0. The topological polar surface area (TPSA) is 17.1 Å². The molecular formula is C6H7BrO. The molecule has 2 heteroatoms. The van der Waals surface area contributed by atoms with Crippen LogP contribution >= 0.6 is 15.9 Å². The largest absolute Gasteiger partial charge is 0.294 e. The number of carbonyl (C=O) groups is 1. The second-order valence-corrected chi connectivity index (χ2v) is 2.97. The minimum absolute atomic E-state index is 0.234. The molecule has 0 aliphatic heterocycles. The first-order valence-electron chi connectivity index (χ1n) is 2.60. The van der Waals surface area contributed by atoms with Gasteiger partial charge in [-0.1, -0.05) is 13.0 Å². The predicted molar refractivity (Wildman–Crippen MR) is 35.8 cm³/mol. The first-order valence-corrected chi connectivity index (χ1v) is 3.40. The van der Waals surface area contributed by atoms with Crippen LogP contribution in [0.15, 0.2) is 10.6 Å². The van der Waals surface area contributed by atoms with Crippen molar-refractivity contribution in [2.75, 3.05) is 0 Å². The van der Waals surface area contributed by atoms with Gasteiger partial charge in [-0.05, 0) is 21.8 Å². The molecule has 0 N–H and O–H groups in total. The smallest absolute Gasteiger partial charge is 0.170 e. The molecule has 1 atom stereocenters. The van der Waals surface area contributed by atoms with Gasteiger partial charge in [0.25, 0.3) is 0 Å². The molecule has 0 saturated carbocycles. The summed E-state index contributed by atoms with van der Waals surface area (Å²) in [5.74, 6) is 0.675. The quantitative estimate of drug-likeness (QED) is 0.549. The Morgan fingerprint density at radius 2 is 2.50 bits per heavy atom. The van der Waals surface area contributed by atoms with Crippen molar-refractivity contribution in [2.45, 2.75) is 13.3 Å². The molecule has 0 bridgehead atoms. The lowest BCUT2D eigenvalue weighted by Crippen LogP contribution is -1.91. The van der Waals surface area contributed by atoms with Gasteiger partial charge >= 0.3 is 0 Å². The Balaban J connectivity index is 2.73. The number of ketones is 1. The molecule has 0 heterocycles. The second-order valence-electron chi connectivity index (χ2n) is 2.12. The fraction of sp³-hybridized carbons (Fsp3) is 0.500. The molecule has 1 nitrogen and oxygen atoms in total. The Hall–Kier alpha value is -0.110. The van der Waals surface area contributed by atoms with Crippen molar-refractivity contribution in [3.8, 4) is 0 Å². The summed E-state index contributed by atoms with van der Waals surface area (Å²) in [4.78, 5) is 10.7. The van der Waals surface area contributed by atoms with E-state index in [9.17, 15) is 4.79 Å². The standard InChI is InChI=1S/C6H7BrO/c1-4-2-5(7)6(8)3-4/h2,4H,3H2,1H3. The highest BCUT2D eigenvalue weighted by Crippen LogP contribution is 2.23. The van der Waals surface area contributed by atoms with Crippen LogP contribution in [0.1, 0.15) is 13.3 Å². The van der Waals surface area contributed by atoms with Crippen LogP contribution in [0.5, 0.6) is 0 Å². The molecule has 0 fully saturated rings. The molecule has 0 aromatic rings. The Morgan fingerprint density at radius 3 is 2.62 bits per heavy atom. The van der Waals surface area contributed by atoms with Crippen LogP contribution in [0.4, 0.5) is 0 Å². The molecule has 0 aromatic carbocycles. The fourth-order valence-corrected chi connectivity index (χ4v) is 1.40. The Bertz CT molecular complexity index is 149. The maximum atomic E-state index is 10.7. The van der Waals surface area contributed by atoms with E-state index >= 15 is 0 Å². The van der Waals surface area contributed by atoms with Gasteiger partial charge in [-0.2, -0.15) is 0 Å². The van der Waals surface area contributed by atoms with Crippen LogP contribution in [0.3, 0.4) is 0 Å². The van der Waals surface area contributed by atoms with E-state index in [0.29, 0.717) is 12.3 Å². The predicted octanol–water partition coefficient (Wildman–Crippen LogP) is 1.87. The molecule has 1 unspecified atom stereocenters. The third-order valence-electron chi connectivity index (χ3n) is 1.20. The van der Waals surface area contributed by atoms with E-state index in [-0.39, 0.29) is 5.78 Å². The van der Waals surface area contributed by atoms with Crippen molar-refractivity contribution in [3.05, 3.63) is 10.6 Å². The van der Waals surface area contributed by atoms with Gasteiger partial charge in [-0.15, -0.1) is 0 Å². The molecule has 1 aliphatic rings. The highest BCUT2D eigenvalue weighted by Gasteiger charge is 2.17. The molecule has 0 radical (unpaired) electrons. The summed E-state index contributed by atoms with van der Waals surface area (Å²) in [7, 11) is 0. The highest BCUT2D eigenvalue weighted by atomic mass is 79.9. The number of Topliss-reactive ketones (excluding diaryl/α,β-unsaturated/α-hetero) is 1. The van der Waals surface area contributed by atoms with Gasteiger partial charge in [0.15, 0.2) is 5.78 Å². The maximum absolute atomic E-state index is 10.7. The Labute approximate surface area is 56.9 Å². The SMILES string of the molecule is CC1C=C(Br)C(=O)C1. The molecule has 0 amide bonds. The van der Waals surface area contributed by atoms with E-state index in [1.807, 2.05) is 13.0 Å². The van der Waals surface area contributed by atoms with Crippen LogP contribution in [0, 0.1) is 5.92 Å². The molecule has 0 saturated heterocycles. The van der Waals surface area contributed by atoms with Crippen LogP contribution in [0.2, 0.25) is 0 Å². The third kappa shape index (κ3) is 0.996. The van der Waals surface area contributed by atoms with E-state index in [0.717, 1.165) is 4.48 Å². The van der Waals surface area contributed by atoms with Gasteiger partial charge in [0.05, 0.1) is 4.48 Å². The molecule has 44 valence electrons. The molecule has 1 aliphatic carbocycles. The van der Waals surface area contributed by atoms with Crippen LogP contribution < -0.4 is 0 Å². The molecule has 0 spiro atoms. The zero-order chi connectivity index (χ0) is 6.15. The summed E-state index contributed by atoms with van der Waals surface area (Å²) in [5.41, 5.74) is 0. The monoisotopic (exact) mass is 174 g/mol. The Kier molecular flexibility index (Phi) is 1.52. The van der Waals surface area contributed by atoms with E-state index in [4.69, 9.17) is 0 Å². The van der Waals surface area contributed by atoms with Crippen molar-refractivity contribution in [3.63, 3.8) is 0 Å².